The Morgan fingerprint density at radius 3 is 2.30 bits per heavy atom. The second-order valence-corrected chi connectivity index (χ2v) is 4.89. The number of alkyl halides is 3. The maximum Gasteiger partial charge on any atom is 0.431 e. The van der Waals surface area contributed by atoms with Crippen molar-refractivity contribution in [1.29, 1.82) is 5.26 Å². The molecule has 8 heteroatoms. The Hall–Kier alpha value is -2.53. The molecule has 0 spiro atoms. The van der Waals surface area contributed by atoms with Crippen LogP contribution in [0.25, 0.3) is 11.1 Å². The first-order chi connectivity index (χ1) is 10.8. The Labute approximate surface area is 135 Å². The van der Waals surface area contributed by atoms with Crippen LogP contribution in [-0.2, 0) is 6.18 Å². The number of rotatable bonds is 3. The molecule has 0 bridgehead atoms. The number of nitrogens with one attached hydrogen (secondary N) is 1. The van der Waals surface area contributed by atoms with E-state index in [0.29, 0.717) is 17.1 Å². The van der Waals surface area contributed by atoms with Gasteiger partial charge in [0.05, 0.1) is 19.8 Å². The van der Waals surface area contributed by atoms with Crippen molar-refractivity contribution in [2.24, 2.45) is 0 Å². The summed E-state index contributed by atoms with van der Waals surface area (Å²) in [6.07, 6.45) is -4.60. The zero-order valence-corrected chi connectivity index (χ0v) is 12.9. The number of methoxy groups -OCH3 is 2. The number of aromatic amines is 1. The number of nitrogens with zero attached hydrogens (tertiary/aromatic N) is 1. The molecule has 0 fully saturated rings. The largest absolute Gasteiger partial charge is 0.493 e. The first-order valence-electron chi connectivity index (χ1n) is 6.28. The number of pyridine rings is 1. The van der Waals surface area contributed by atoms with Gasteiger partial charge in [0.1, 0.15) is 16.4 Å². The molecular weight excluding hydrogens is 329 g/mol. The maximum absolute atomic E-state index is 13.0. The van der Waals surface area contributed by atoms with E-state index in [9.17, 15) is 18.4 Å². The Bertz CT molecular complexity index is 838. The molecule has 23 heavy (non-hydrogen) atoms. The molecule has 0 atom stereocenters. The van der Waals surface area contributed by atoms with E-state index < -0.39 is 11.9 Å². The Balaban J connectivity index is 2.74. The molecule has 0 aliphatic rings. The average Bonchev–Trinajstić information content (AvgIpc) is 2.52. The summed E-state index contributed by atoms with van der Waals surface area (Å²) in [6, 6.07) is 7.26. The fourth-order valence-corrected chi connectivity index (χ4v) is 2.32. The number of hydrogen-bond donors (Lipinski definition) is 1. The van der Waals surface area contributed by atoms with E-state index in [0.717, 1.165) is 6.07 Å². The highest BCUT2D eigenvalue weighted by molar-refractivity contribution is 7.71. The molecule has 0 radical (unpaired) electrons. The number of aromatic nitrogens is 1. The average molecular weight is 340 g/mol. The van der Waals surface area contributed by atoms with Crippen molar-refractivity contribution in [3.8, 4) is 28.7 Å². The predicted octanol–water partition coefficient (Wildman–Crippen LogP) is 4.32. The molecule has 0 aliphatic carbocycles. The molecular formula is C15H11F3N2O2S. The highest BCUT2D eigenvalue weighted by atomic mass is 32.1. The van der Waals surface area contributed by atoms with Crippen LogP contribution in [0.2, 0.25) is 0 Å². The van der Waals surface area contributed by atoms with Gasteiger partial charge in [0.25, 0.3) is 0 Å². The molecule has 4 nitrogen and oxygen atoms in total. The minimum Gasteiger partial charge on any atom is -0.493 e. The summed E-state index contributed by atoms with van der Waals surface area (Å²) >= 11 is 4.87. The lowest BCUT2D eigenvalue weighted by molar-refractivity contribution is -0.141. The molecule has 1 aromatic heterocycles. The topological polar surface area (TPSA) is 58.0 Å². The van der Waals surface area contributed by atoms with Gasteiger partial charge in [-0.3, -0.25) is 0 Å². The van der Waals surface area contributed by atoms with Crippen LogP contribution in [0.3, 0.4) is 0 Å². The lowest BCUT2D eigenvalue weighted by Crippen LogP contribution is -2.09. The van der Waals surface area contributed by atoms with Crippen LogP contribution in [0.5, 0.6) is 11.5 Å². The summed E-state index contributed by atoms with van der Waals surface area (Å²) in [6.45, 7) is 0. The number of ether oxygens (including phenoxy) is 2. The van der Waals surface area contributed by atoms with E-state index in [1.54, 1.807) is 6.07 Å². The van der Waals surface area contributed by atoms with Gasteiger partial charge < -0.3 is 14.5 Å². The zero-order valence-electron chi connectivity index (χ0n) is 12.1. The molecule has 1 aromatic carbocycles. The van der Waals surface area contributed by atoms with Crippen molar-refractivity contribution in [1.82, 2.24) is 4.98 Å². The SMILES string of the molecule is COc1ccc(-c2cc(C(F)(F)F)[nH]c(=S)c2C#N)cc1OC. The van der Waals surface area contributed by atoms with Crippen LogP contribution < -0.4 is 9.47 Å². The van der Waals surface area contributed by atoms with Gasteiger partial charge >= 0.3 is 6.18 Å². The third kappa shape index (κ3) is 3.29. The van der Waals surface area contributed by atoms with Crippen LogP contribution in [-0.4, -0.2) is 19.2 Å². The molecule has 2 aromatic rings. The van der Waals surface area contributed by atoms with Crippen LogP contribution in [0.15, 0.2) is 24.3 Å². The second kappa shape index (κ2) is 6.30. The summed E-state index contributed by atoms with van der Waals surface area (Å²) < 4.78 is 48.8. The predicted molar refractivity (Wildman–Crippen MR) is 79.9 cm³/mol. The van der Waals surface area contributed by atoms with E-state index in [4.69, 9.17) is 21.7 Å². The lowest BCUT2D eigenvalue weighted by Gasteiger charge is -2.13. The summed E-state index contributed by atoms with van der Waals surface area (Å²) in [7, 11) is 2.85. The fourth-order valence-electron chi connectivity index (χ4n) is 2.05. The lowest BCUT2D eigenvalue weighted by atomic mass is 10.0. The molecule has 1 heterocycles. The van der Waals surface area contributed by atoms with E-state index in [2.05, 4.69) is 0 Å². The molecule has 0 amide bonds. The molecule has 1 N–H and O–H groups in total. The smallest absolute Gasteiger partial charge is 0.431 e. The second-order valence-electron chi connectivity index (χ2n) is 4.48. The van der Waals surface area contributed by atoms with E-state index in [1.807, 2.05) is 11.1 Å². The van der Waals surface area contributed by atoms with Gasteiger partial charge in [-0.1, -0.05) is 18.3 Å². The van der Waals surface area contributed by atoms with E-state index >= 15 is 0 Å². The third-order valence-electron chi connectivity index (χ3n) is 3.15. The summed E-state index contributed by atoms with van der Waals surface area (Å²) in [5.74, 6) is 0.757. The van der Waals surface area contributed by atoms with Crippen molar-refractivity contribution in [2.75, 3.05) is 14.2 Å². The van der Waals surface area contributed by atoms with Crippen molar-refractivity contribution < 1.29 is 22.6 Å². The molecule has 0 unspecified atom stereocenters. The molecule has 0 saturated carbocycles. The monoisotopic (exact) mass is 340 g/mol. The quantitative estimate of drug-likeness (QED) is 0.846. The van der Waals surface area contributed by atoms with E-state index in [1.165, 1.54) is 26.4 Å². The van der Waals surface area contributed by atoms with Gasteiger partial charge in [-0.05, 0) is 23.8 Å². The first-order valence-corrected chi connectivity index (χ1v) is 6.69. The Morgan fingerprint density at radius 2 is 1.78 bits per heavy atom. The van der Waals surface area contributed by atoms with E-state index in [-0.39, 0.29) is 15.8 Å². The van der Waals surface area contributed by atoms with Gasteiger partial charge in [0.15, 0.2) is 11.5 Å². The highest BCUT2D eigenvalue weighted by Gasteiger charge is 2.32. The number of halogens is 3. The standard InChI is InChI=1S/C15H11F3N2O2S/c1-21-11-4-3-8(5-12(11)22-2)9-6-13(15(16,17)18)20-14(23)10(9)7-19/h3-6H,1-2H3,(H,20,23). The van der Waals surface area contributed by atoms with Gasteiger partial charge in [0.2, 0.25) is 0 Å². The minimum atomic E-state index is -4.60. The number of nitriles is 1. The van der Waals surface area contributed by atoms with Crippen LogP contribution in [0, 0.1) is 16.0 Å². The van der Waals surface area contributed by atoms with Crippen LogP contribution in [0.1, 0.15) is 11.3 Å². The molecule has 2 rings (SSSR count). The Kier molecular flexibility index (Phi) is 4.61. The van der Waals surface area contributed by atoms with Crippen molar-refractivity contribution in [2.45, 2.75) is 6.18 Å². The molecule has 120 valence electrons. The van der Waals surface area contributed by atoms with Crippen molar-refractivity contribution >= 4 is 12.2 Å². The summed E-state index contributed by atoms with van der Waals surface area (Å²) in [5, 5.41) is 9.21. The maximum atomic E-state index is 13.0. The summed E-state index contributed by atoms with van der Waals surface area (Å²) in [4.78, 5) is 2.04. The van der Waals surface area contributed by atoms with Crippen LogP contribution >= 0.6 is 12.2 Å². The number of hydrogen-bond acceptors (Lipinski definition) is 4. The van der Waals surface area contributed by atoms with Crippen molar-refractivity contribution in [3.63, 3.8) is 0 Å². The first kappa shape index (κ1) is 16.8. The summed E-state index contributed by atoms with van der Waals surface area (Å²) in [5.41, 5.74) is -0.624. The fraction of sp³-hybridized carbons (Fsp3) is 0.200. The third-order valence-corrected chi connectivity index (χ3v) is 3.45. The highest BCUT2D eigenvalue weighted by Crippen LogP contribution is 2.36. The van der Waals surface area contributed by atoms with Gasteiger partial charge in [-0.2, -0.15) is 18.4 Å². The minimum absolute atomic E-state index is 0.0415. The number of benzene rings is 1. The van der Waals surface area contributed by atoms with Crippen molar-refractivity contribution in [3.05, 3.63) is 40.2 Å². The number of H-pyrrole nitrogens is 1. The van der Waals surface area contributed by atoms with Gasteiger partial charge in [-0.15, -0.1) is 0 Å². The normalized spacial score (nSPS) is 11.0. The molecule has 0 saturated heterocycles. The zero-order chi connectivity index (χ0) is 17.2. The van der Waals surface area contributed by atoms with Gasteiger partial charge in [0, 0.05) is 5.56 Å². The van der Waals surface area contributed by atoms with Crippen LogP contribution in [0.4, 0.5) is 13.2 Å². The molecule has 0 aliphatic heterocycles. The Morgan fingerprint density at radius 1 is 1.13 bits per heavy atom. The van der Waals surface area contributed by atoms with Gasteiger partial charge in [-0.25, -0.2) is 0 Å².